The van der Waals surface area contributed by atoms with E-state index >= 15 is 0 Å². The molecule has 3 amide bonds. The molecule has 0 atom stereocenters. The molecule has 0 aromatic heterocycles. The Hall–Kier alpha value is -2.87. The SMILES string of the molecule is O=C(Cc1ccc(NC(=O)N2CCN(c3ccccc3O)CC2)cc1)N1CCSCC1. The lowest BCUT2D eigenvalue weighted by Crippen LogP contribution is -2.50. The van der Waals surface area contributed by atoms with E-state index in [0.29, 0.717) is 32.6 Å². The van der Waals surface area contributed by atoms with Crippen molar-refractivity contribution in [2.75, 3.05) is 61.0 Å². The lowest BCUT2D eigenvalue weighted by molar-refractivity contribution is -0.130. The Morgan fingerprint density at radius 3 is 2.23 bits per heavy atom. The number of carbonyl (C=O) groups excluding carboxylic acids is 2. The molecular formula is C23H28N4O3S. The molecule has 0 aliphatic carbocycles. The number of phenols is 1. The van der Waals surface area contributed by atoms with Crippen molar-refractivity contribution in [1.29, 1.82) is 0 Å². The fraction of sp³-hybridized carbons (Fsp3) is 0.391. The maximum absolute atomic E-state index is 12.6. The van der Waals surface area contributed by atoms with Gasteiger partial charge in [0.05, 0.1) is 12.1 Å². The number of phenolic OH excluding ortho intramolecular Hbond substituents is 1. The number of thioether (sulfide) groups is 1. The van der Waals surface area contributed by atoms with Gasteiger partial charge in [0.15, 0.2) is 0 Å². The highest BCUT2D eigenvalue weighted by molar-refractivity contribution is 7.99. The van der Waals surface area contributed by atoms with Crippen LogP contribution in [0.2, 0.25) is 0 Å². The second-order valence-electron chi connectivity index (χ2n) is 7.76. The lowest BCUT2D eigenvalue weighted by Gasteiger charge is -2.36. The van der Waals surface area contributed by atoms with Crippen molar-refractivity contribution in [3.05, 3.63) is 54.1 Å². The van der Waals surface area contributed by atoms with Gasteiger partial charge >= 0.3 is 6.03 Å². The molecule has 4 rings (SSSR count). The van der Waals surface area contributed by atoms with Crippen LogP contribution in [0.4, 0.5) is 16.2 Å². The first-order valence-corrected chi connectivity index (χ1v) is 11.8. The Morgan fingerprint density at radius 2 is 1.55 bits per heavy atom. The van der Waals surface area contributed by atoms with Crippen LogP contribution in [-0.4, -0.2) is 77.6 Å². The molecule has 31 heavy (non-hydrogen) atoms. The van der Waals surface area contributed by atoms with E-state index < -0.39 is 0 Å². The van der Waals surface area contributed by atoms with Gasteiger partial charge in [-0.2, -0.15) is 11.8 Å². The van der Waals surface area contributed by atoms with Gasteiger partial charge in [-0.05, 0) is 29.8 Å². The van der Waals surface area contributed by atoms with Crippen LogP contribution < -0.4 is 10.2 Å². The first-order chi connectivity index (χ1) is 15.1. The quantitative estimate of drug-likeness (QED) is 0.765. The van der Waals surface area contributed by atoms with Crippen molar-refractivity contribution in [3.63, 3.8) is 0 Å². The number of amides is 3. The third-order valence-corrected chi connectivity index (χ3v) is 6.66. The largest absolute Gasteiger partial charge is 0.506 e. The summed E-state index contributed by atoms with van der Waals surface area (Å²) in [6.07, 6.45) is 0.396. The number of hydrogen-bond acceptors (Lipinski definition) is 5. The van der Waals surface area contributed by atoms with Gasteiger partial charge in [0.1, 0.15) is 5.75 Å². The zero-order valence-corrected chi connectivity index (χ0v) is 18.3. The predicted molar refractivity (Wildman–Crippen MR) is 125 cm³/mol. The smallest absolute Gasteiger partial charge is 0.321 e. The Balaban J connectivity index is 1.26. The standard InChI is InChI=1S/C23H28N4O3S/c28-21-4-2-1-3-20(21)25-9-11-27(12-10-25)23(30)24-19-7-5-18(6-8-19)17-22(29)26-13-15-31-16-14-26/h1-8,28H,9-17H2,(H,24,30). The fourth-order valence-electron chi connectivity index (χ4n) is 3.89. The third kappa shape index (κ3) is 5.44. The van der Waals surface area contributed by atoms with Crippen molar-refractivity contribution in [2.45, 2.75) is 6.42 Å². The topological polar surface area (TPSA) is 76.1 Å². The van der Waals surface area contributed by atoms with Gasteiger partial charge in [0, 0.05) is 56.5 Å². The summed E-state index contributed by atoms with van der Waals surface area (Å²) in [4.78, 5) is 30.8. The van der Waals surface area contributed by atoms with Crippen molar-refractivity contribution < 1.29 is 14.7 Å². The van der Waals surface area contributed by atoms with Crippen LogP contribution in [0.25, 0.3) is 0 Å². The van der Waals surface area contributed by atoms with Crippen LogP contribution in [0.1, 0.15) is 5.56 Å². The van der Waals surface area contributed by atoms with Gasteiger partial charge in [0.2, 0.25) is 5.91 Å². The number of aromatic hydroxyl groups is 1. The number of nitrogens with zero attached hydrogens (tertiary/aromatic N) is 3. The number of rotatable bonds is 4. The van der Waals surface area contributed by atoms with E-state index in [0.717, 1.165) is 41.5 Å². The van der Waals surface area contributed by atoms with E-state index in [2.05, 4.69) is 10.2 Å². The Bertz CT molecular complexity index is 907. The summed E-state index contributed by atoms with van der Waals surface area (Å²) < 4.78 is 0. The van der Waals surface area contributed by atoms with E-state index in [-0.39, 0.29) is 17.7 Å². The van der Waals surface area contributed by atoms with Crippen LogP contribution in [-0.2, 0) is 11.2 Å². The molecule has 164 valence electrons. The molecule has 0 spiro atoms. The summed E-state index contributed by atoms with van der Waals surface area (Å²) in [6, 6.07) is 14.7. The fourth-order valence-corrected chi connectivity index (χ4v) is 4.79. The van der Waals surface area contributed by atoms with Crippen LogP contribution in [0, 0.1) is 0 Å². The van der Waals surface area contributed by atoms with Gasteiger partial charge in [-0.3, -0.25) is 4.79 Å². The highest BCUT2D eigenvalue weighted by Gasteiger charge is 2.23. The summed E-state index contributed by atoms with van der Waals surface area (Å²) in [5.74, 6) is 2.45. The Kier molecular flexibility index (Phi) is 6.86. The van der Waals surface area contributed by atoms with Crippen LogP contribution in [0.3, 0.4) is 0 Å². The average Bonchev–Trinajstić information content (AvgIpc) is 2.81. The van der Waals surface area contributed by atoms with Gasteiger partial charge < -0.3 is 25.1 Å². The predicted octanol–water partition coefficient (Wildman–Crippen LogP) is 2.86. The highest BCUT2D eigenvalue weighted by atomic mass is 32.2. The number of para-hydroxylation sites is 2. The molecule has 2 saturated heterocycles. The zero-order chi connectivity index (χ0) is 21.6. The molecule has 0 saturated carbocycles. The third-order valence-electron chi connectivity index (χ3n) is 5.71. The zero-order valence-electron chi connectivity index (χ0n) is 17.5. The molecule has 0 unspecified atom stereocenters. The Morgan fingerprint density at radius 1 is 0.871 bits per heavy atom. The summed E-state index contributed by atoms with van der Waals surface area (Å²) in [7, 11) is 0. The lowest BCUT2D eigenvalue weighted by atomic mass is 10.1. The molecule has 2 aliphatic heterocycles. The van der Waals surface area contributed by atoms with Crippen molar-refractivity contribution in [2.24, 2.45) is 0 Å². The first kappa shape index (κ1) is 21.4. The maximum Gasteiger partial charge on any atom is 0.321 e. The average molecular weight is 441 g/mol. The first-order valence-electron chi connectivity index (χ1n) is 10.6. The van der Waals surface area contributed by atoms with E-state index in [1.165, 1.54) is 0 Å². The number of carbonyl (C=O) groups is 2. The number of piperazine rings is 1. The van der Waals surface area contributed by atoms with Gasteiger partial charge in [-0.25, -0.2) is 4.79 Å². The molecule has 7 nitrogen and oxygen atoms in total. The molecule has 2 aromatic rings. The van der Waals surface area contributed by atoms with E-state index in [9.17, 15) is 14.7 Å². The second kappa shape index (κ2) is 9.96. The molecule has 2 N–H and O–H groups in total. The van der Waals surface area contributed by atoms with Gasteiger partial charge in [-0.15, -0.1) is 0 Å². The summed E-state index contributed by atoms with van der Waals surface area (Å²) in [5, 5.41) is 13.0. The summed E-state index contributed by atoms with van der Waals surface area (Å²) in [6.45, 7) is 4.16. The molecule has 0 radical (unpaired) electrons. The summed E-state index contributed by atoms with van der Waals surface area (Å²) in [5.41, 5.74) is 2.48. The Labute approximate surface area is 187 Å². The normalized spacial score (nSPS) is 16.8. The van der Waals surface area contributed by atoms with Crippen LogP contribution in [0.15, 0.2) is 48.5 Å². The molecule has 2 aromatic carbocycles. The maximum atomic E-state index is 12.6. The molecule has 2 heterocycles. The number of nitrogens with one attached hydrogen (secondary N) is 1. The number of urea groups is 1. The van der Waals surface area contributed by atoms with Gasteiger partial charge in [0.25, 0.3) is 0 Å². The monoisotopic (exact) mass is 440 g/mol. The molecule has 2 aliphatic rings. The second-order valence-corrected chi connectivity index (χ2v) is 8.98. The van der Waals surface area contributed by atoms with Crippen molar-refractivity contribution in [1.82, 2.24) is 9.80 Å². The summed E-state index contributed by atoms with van der Waals surface area (Å²) >= 11 is 1.89. The highest BCUT2D eigenvalue weighted by Crippen LogP contribution is 2.27. The molecule has 8 heteroatoms. The minimum atomic E-state index is -0.133. The number of benzene rings is 2. The van der Waals surface area contributed by atoms with Crippen molar-refractivity contribution in [3.8, 4) is 5.75 Å². The van der Waals surface area contributed by atoms with E-state index in [1.807, 2.05) is 53.1 Å². The van der Waals surface area contributed by atoms with Crippen LogP contribution in [0.5, 0.6) is 5.75 Å². The molecule has 0 bridgehead atoms. The number of anilines is 2. The minimum Gasteiger partial charge on any atom is -0.506 e. The van der Waals surface area contributed by atoms with E-state index in [4.69, 9.17) is 0 Å². The minimum absolute atomic E-state index is 0.133. The number of hydrogen-bond donors (Lipinski definition) is 2. The van der Waals surface area contributed by atoms with E-state index in [1.54, 1.807) is 17.0 Å². The molecular weight excluding hydrogens is 412 g/mol. The van der Waals surface area contributed by atoms with Crippen molar-refractivity contribution >= 4 is 35.1 Å². The van der Waals surface area contributed by atoms with Gasteiger partial charge in [-0.1, -0.05) is 24.3 Å². The van der Waals surface area contributed by atoms with Crippen LogP contribution >= 0.6 is 11.8 Å². The molecule has 2 fully saturated rings.